The molecule has 6 heteroatoms. The molecule has 1 N–H and O–H groups in total. The fourth-order valence-electron chi connectivity index (χ4n) is 3.81. The highest BCUT2D eigenvalue weighted by molar-refractivity contribution is 5.96. The Balaban J connectivity index is 1.50. The van der Waals surface area contributed by atoms with E-state index in [9.17, 15) is 14.4 Å². The number of piperidine rings is 1. The minimum atomic E-state index is -0.889. The summed E-state index contributed by atoms with van der Waals surface area (Å²) in [5, 5.41) is 2.82. The molecule has 1 aliphatic rings. The second kappa shape index (κ2) is 9.77. The molecule has 3 rings (SSSR count). The average molecular weight is 423 g/mol. The lowest BCUT2D eigenvalue weighted by Crippen LogP contribution is -2.42. The Morgan fingerprint density at radius 2 is 1.68 bits per heavy atom. The Hall–Kier alpha value is -3.15. The number of aryl methyl sites for hydroxylation is 3. The number of nitrogens with zero attached hydrogens (tertiary/aromatic N) is 1. The standard InChI is InChI=1S/C25H30N2O4/c1-16-9-10-22(18(3)15-16)26-23(28)19(4)31-25(30)20-11-13-27(14-12-20)24(29)21-8-6-5-7-17(21)2/h5-10,15,19-20H,11-14H2,1-4H3,(H,26,28)/t19-/m1/s1. The maximum Gasteiger partial charge on any atom is 0.309 e. The number of hydrogen-bond acceptors (Lipinski definition) is 4. The van der Waals surface area contributed by atoms with E-state index in [1.165, 1.54) is 0 Å². The molecule has 0 aromatic heterocycles. The zero-order valence-corrected chi connectivity index (χ0v) is 18.6. The van der Waals surface area contributed by atoms with E-state index in [1.54, 1.807) is 11.8 Å². The van der Waals surface area contributed by atoms with Crippen LogP contribution in [-0.4, -0.2) is 41.9 Å². The van der Waals surface area contributed by atoms with Gasteiger partial charge in [0.25, 0.3) is 11.8 Å². The number of carbonyl (C=O) groups excluding carboxylic acids is 3. The quantitative estimate of drug-likeness (QED) is 0.738. The molecule has 1 heterocycles. The highest BCUT2D eigenvalue weighted by atomic mass is 16.5. The summed E-state index contributed by atoms with van der Waals surface area (Å²) in [6.45, 7) is 8.40. The first-order chi connectivity index (χ1) is 14.8. The molecule has 0 spiro atoms. The summed E-state index contributed by atoms with van der Waals surface area (Å²) in [5.41, 5.74) is 4.42. The number of amides is 2. The number of likely N-dealkylation sites (tertiary alicyclic amines) is 1. The summed E-state index contributed by atoms with van der Waals surface area (Å²) in [5.74, 6) is -1.05. The van der Waals surface area contributed by atoms with Crippen molar-refractivity contribution in [2.45, 2.75) is 46.6 Å². The smallest absolute Gasteiger partial charge is 0.309 e. The lowest BCUT2D eigenvalue weighted by atomic mass is 9.96. The fourth-order valence-corrected chi connectivity index (χ4v) is 3.81. The van der Waals surface area contributed by atoms with Gasteiger partial charge in [0, 0.05) is 24.3 Å². The van der Waals surface area contributed by atoms with Crippen LogP contribution >= 0.6 is 0 Å². The Labute approximate surface area is 183 Å². The van der Waals surface area contributed by atoms with Crippen LogP contribution in [0.15, 0.2) is 42.5 Å². The molecule has 6 nitrogen and oxygen atoms in total. The Morgan fingerprint density at radius 1 is 1.00 bits per heavy atom. The molecule has 2 aromatic rings. The molecular formula is C25H30N2O4. The molecule has 0 radical (unpaired) electrons. The molecule has 1 aliphatic heterocycles. The third-order valence-corrected chi connectivity index (χ3v) is 5.79. The summed E-state index contributed by atoms with van der Waals surface area (Å²) in [7, 11) is 0. The number of rotatable bonds is 5. The highest BCUT2D eigenvalue weighted by Gasteiger charge is 2.31. The molecule has 1 saturated heterocycles. The molecule has 2 amide bonds. The van der Waals surface area contributed by atoms with Crippen LogP contribution in [0, 0.1) is 26.7 Å². The molecule has 0 aliphatic carbocycles. The van der Waals surface area contributed by atoms with Crippen LogP contribution in [0.3, 0.4) is 0 Å². The van der Waals surface area contributed by atoms with E-state index in [2.05, 4.69) is 5.32 Å². The number of anilines is 1. The van der Waals surface area contributed by atoms with Gasteiger partial charge in [-0.2, -0.15) is 0 Å². The Bertz CT molecular complexity index is 977. The van der Waals surface area contributed by atoms with Crippen molar-refractivity contribution in [2.75, 3.05) is 18.4 Å². The van der Waals surface area contributed by atoms with Gasteiger partial charge in [0.1, 0.15) is 0 Å². The van der Waals surface area contributed by atoms with Crippen LogP contribution < -0.4 is 5.32 Å². The van der Waals surface area contributed by atoms with Crippen LogP contribution in [0.2, 0.25) is 0 Å². The molecule has 0 saturated carbocycles. The van der Waals surface area contributed by atoms with E-state index in [0.717, 1.165) is 16.7 Å². The minimum Gasteiger partial charge on any atom is -0.452 e. The Morgan fingerprint density at radius 3 is 2.32 bits per heavy atom. The molecule has 1 fully saturated rings. The van der Waals surface area contributed by atoms with E-state index in [0.29, 0.717) is 37.2 Å². The third kappa shape index (κ3) is 5.51. The predicted octanol–water partition coefficient (Wildman–Crippen LogP) is 4.03. The zero-order valence-electron chi connectivity index (χ0n) is 18.6. The topological polar surface area (TPSA) is 75.7 Å². The number of benzene rings is 2. The molecule has 1 atom stereocenters. The maximum absolute atomic E-state index is 12.7. The average Bonchev–Trinajstić information content (AvgIpc) is 2.75. The molecule has 0 unspecified atom stereocenters. The summed E-state index contributed by atoms with van der Waals surface area (Å²) in [6.07, 6.45) is 0.170. The number of esters is 1. The number of hydrogen-bond donors (Lipinski definition) is 1. The lowest BCUT2D eigenvalue weighted by Gasteiger charge is -2.31. The largest absolute Gasteiger partial charge is 0.452 e. The second-order valence-corrected chi connectivity index (χ2v) is 8.27. The molecule has 164 valence electrons. The summed E-state index contributed by atoms with van der Waals surface area (Å²) in [6, 6.07) is 13.3. The van der Waals surface area contributed by atoms with Gasteiger partial charge in [0.15, 0.2) is 6.10 Å². The first-order valence-corrected chi connectivity index (χ1v) is 10.7. The van der Waals surface area contributed by atoms with E-state index >= 15 is 0 Å². The van der Waals surface area contributed by atoms with Crippen molar-refractivity contribution in [3.8, 4) is 0 Å². The van der Waals surface area contributed by atoms with Gasteiger partial charge in [-0.25, -0.2) is 0 Å². The van der Waals surface area contributed by atoms with Gasteiger partial charge in [-0.15, -0.1) is 0 Å². The molecular weight excluding hydrogens is 392 g/mol. The maximum atomic E-state index is 12.7. The van der Waals surface area contributed by atoms with Gasteiger partial charge in [-0.05, 0) is 63.8 Å². The van der Waals surface area contributed by atoms with Crippen LogP contribution in [0.25, 0.3) is 0 Å². The first-order valence-electron chi connectivity index (χ1n) is 10.7. The predicted molar refractivity (Wildman–Crippen MR) is 120 cm³/mol. The summed E-state index contributed by atoms with van der Waals surface area (Å²) < 4.78 is 5.43. The highest BCUT2D eigenvalue weighted by Crippen LogP contribution is 2.22. The van der Waals surface area contributed by atoms with Crippen molar-refractivity contribution in [1.82, 2.24) is 4.90 Å². The third-order valence-electron chi connectivity index (χ3n) is 5.79. The van der Waals surface area contributed by atoms with Crippen molar-refractivity contribution in [3.63, 3.8) is 0 Å². The summed E-state index contributed by atoms with van der Waals surface area (Å²) >= 11 is 0. The van der Waals surface area contributed by atoms with Crippen molar-refractivity contribution < 1.29 is 19.1 Å². The van der Waals surface area contributed by atoms with Gasteiger partial charge in [-0.3, -0.25) is 14.4 Å². The minimum absolute atomic E-state index is 0.00821. The van der Waals surface area contributed by atoms with Crippen LogP contribution in [0.1, 0.15) is 46.8 Å². The van der Waals surface area contributed by atoms with Crippen molar-refractivity contribution in [1.29, 1.82) is 0 Å². The SMILES string of the molecule is Cc1ccc(NC(=O)[C@@H](C)OC(=O)C2CCN(C(=O)c3ccccc3C)CC2)c(C)c1. The molecule has 0 bridgehead atoms. The zero-order chi connectivity index (χ0) is 22.5. The van der Waals surface area contributed by atoms with Gasteiger partial charge < -0.3 is 15.0 Å². The second-order valence-electron chi connectivity index (χ2n) is 8.27. The summed E-state index contributed by atoms with van der Waals surface area (Å²) in [4.78, 5) is 39.6. The molecule has 31 heavy (non-hydrogen) atoms. The van der Waals surface area contributed by atoms with Crippen molar-refractivity contribution in [2.24, 2.45) is 5.92 Å². The van der Waals surface area contributed by atoms with Gasteiger partial charge in [0.2, 0.25) is 0 Å². The number of nitrogens with one attached hydrogen (secondary N) is 1. The van der Waals surface area contributed by atoms with E-state index in [1.807, 2.05) is 63.2 Å². The van der Waals surface area contributed by atoms with E-state index in [-0.39, 0.29) is 23.7 Å². The van der Waals surface area contributed by atoms with Crippen molar-refractivity contribution in [3.05, 3.63) is 64.7 Å². The number of ether oxygens (including phenoxy) is 1. The van der Waals surface area contributed by atoms with Crippen LogP contribution in [-0.2, 0) is 14.3 Å². The first kappa shape index (κ1) is 22.5. The number of carbonyl (C=O) groups is 3. The fraction of sp³-hybridized carbons (Fsp3) is 0.400. The monoisotopic (exact) mass is 422 g/mol. The lowest BCUT2D eigenvalue weighted by molar-refractivity contribution is -0.158. The Kier molecular flexibility index (Phi) is 7.10. The van der Waals surface area contributed by atoms with E-state index in [4.69, 9.17) is 4.74 Å². The van der Waals surface area contributed by atoms with Gasteiger partial charge >= 0.3 is 5.97 Å². The van der Waals surface area contributed by atoms with Gasteiger partial charge in [-0.1, -0.05) is 35.9 Å². The van der Waals surface area contributed by atoms with Crippen LogP contribution in [0.5, 0.6) is 0 Å². The normalized spacial score (nSPS) is 15.3. The van der Waals surface area contributed by atoms with Gasteiger partial charge in [0.05, 0.1) is 5.92 Å². The van der Waals surface area contributed by atoms with Crippen LogP contribution in [0.4, 0.5) is 5.69 Å². The van der Waals surface area contributed by atoms with Crippen molar-refractivity contribution >= 4 is 23.5 Å². The van der Waals surface area contributed by atoms with E-state index < -0.39 is 6.10 Å². The molecule has 2 aromatic carbocycles.